The monoisotopic (exact) mass is 815 g/mol. The maximum Gasteiger partial charge on any atom is -0.000139 e. The van der Waals surface area contributed by atoms with Crippen LogP contribution in [0.2, 0.25) is 0 Å². The average Bonchev–Trinajstić information content (AvgIpc) is 3.25. The highest BCUT2D eigenvalue weighted by Crippen LogP contribution is 2.54. The van der Waals surface area contributed by atoms with Crippen LogP contribution in [-0.4, -0.2) is 0 Å². The molecule has 0 aromatic heterocycles. The minimum atomic E-state index is -0.0286. The molecule has 0 saturated carbocycles. The van der Waals surface area contributed by atoms with E-state index < -0.39 is 0 Å². The molecule has 0 spiro atoms. The lowest BCUT2D eigenvalue weighted by Crippen LogP contribution is -2.11. The van der Waals surface area contributed by atoms with Crippen LogP contribution < -0.4 is 0 Å². The molecule has 0 aliphatic heterocycles. The highest BCUT2D eigenvalue weighted by molar-refractivity contribution is 6.34. The number of rotatable bonds is 4. The Morgan fingerprint density at radius 3 is 0.790 bits per heavy atom. The van der Waals surface area contributed by atoms with Crippen LogP contribution in [0.5, 0.6) is 0 Å². The lowest BCUT2D eigenvalue weighted by Gasteiger charge is -2.28. The summed E-state index contributed by atoms with van der Waals surface area (Å²) in [6, 6.07) is 55.9. The van der Waals surface area contributed by atoms with Crippen molar-refractivity contribution in [3.05, 3.63) is 181 Å². The van der Waals surface area contributed by atoms with Crippen LogP contribution >= 0.6 is 0 Å². The van der Waals surface area contributed by atoms with Crippen LogP contribution in [0.3, 0.4) is 0 Å². The molecule has 0 unspecified atom stereocenters. The molecule has 0 heterocycles. The van der Waals surface area contributed by atoms with E-state index >= 15 is 0 Å². The van der Waals surface area contributed by atoms with Crippen molar-refractivity contribution in [1.82, 2.24) is 0 Å². The smallest absolute Gasteiger partial charge is 0.000139 e. The lowest BCUT2D eigenvalue weighted by molar-refractivity contribution is 0.590. The molecule has 0 aliphatic carbocycles. The van der Waals surface area contributed by atoms with Gasteiger partial charge in [-0.05, 0) is 133 Å². The van der Waals surface area contributed by atoms with Gasteiger partial charge in [0.05, 0.1) is 0 Å². The summed E-state index contributed by atoms with van der Waals surface area (Å²) in [5, 5.41) is 7.74. The van der Waals surface area contributed by atoms with Crippen LogP contribution in [0.25, 0.3) is 76.8 Å². The molecule has 8 aromatic carbocycles. The number of benzene rings is 8. The van der Waals surface area contributed by atoms with Gasteiger partial charge in [-0.1, -0.05) is 230 Å². The van der Waals surface area contributed by atoms with Crippen LogP contribution in [0.4, 0.5) is 0 Å². The van der Waals surface area contributed by atoms with E-state index in [-0.39, 0.29) is 21.7 Å². The van der Waals surface area contributed by atoms with Gasteiger partial charge in [-0.3, -0.25) is 0 Å². The normalized spacial score (nSPS) is 12.2. The van der Waals surface area contributed by atoms with Crippen molar-refractivity contribution in [2.75, 3.05) is 0 Å². The molecule has 0 bridgehead atoms. The van der Waals surface area contributed by atoms with Crippen molar-refractivity contribution in [3.63, 3.8) is 0 Å². The molecule has 0 saturated heterocycles. The van der Waals surface area contributed by atoms with Gasteiger partial charge in [0.1, 0.15) is 0 Å². The zero-order valence-corrected chi connectivity index (χ0v) is 40.3. The van der Waals surface area contributed by atoms with E-state index in [9.17, 15) is 0 Å². The van der Waals surface area contributed by atoms with E-state index in [1.807, 2.05) is 13.8 Å². The fourth-order valence-electron chi connectivity index (χ4n) is 8.84. The summed E-state index contributed by atoms with van der Waals surface area (Å²) in [4.78, 5) is 0. The Bertz CT molecular complexity index is 2610. The molecule has 0 atom stereocenters. The molecule has 62 heavy (non-hydrogen) atoms. The van der Waals surface area contributed by atoms with E-state index in [0.717, 1.165) is 0 Å². The average molecular weight is 815 g/mol. The summed E-state index contributed by atoms with van der Waals surface area (Å²) in [7, 11) is 0. The summed E-state index contributed by atoms with van der Waals surface area (Å²) < 4.78 is 0. The minimum Gasteiger partial charge on any atom is -0.106 e. The molecule has 0 N–H and O–H groups in total. The highest BCUT2D eigenvalue weighted by Gasteiger charge is 2.28. The van der Waals surface area contributed by atoms with E-state index in [4.69, 9.17) is 0 Å². The van der Waals surface area contributed by atoms with E-state index in [2.05, 4.69) is 242 Å². The van der Waals surface area contributed by atoms with Crippen LogP contribution in [0, 0.1) is 0 Å². The molecular formula is C62H70. The number of fused-ring (bicyclic) bond motifs is 3. The van der Waals surface area contributed by atoms with Gasteiger partial charge in [0.2, 0.25) is 0 Å². The molecule has 0 aliphatic rings. The van der Waals surface area contributed by atoms with E-state index in [0.29, 0.717) is 0 Å². The van der Waals surface area contributed by atoms with Gasteiger partial charge in [0, 0.05) is 0 Å². The third kappa shape index (κ3) is 8.81. The Morgan fingerprint density at radius 2 is 0.516 bits per heavy atom. The van der Waals surface area contributed by atoms with Gasteiger partial charge in [-0.2, -0.15) is 0 Å². The summed E-state index contributed by atoms with van der Waals surface area (Å²) in [6.45, 7) is 37.8. The van der Waals surface area contributed by atoms with E-state index in [1.165, 1.54) is 99.1 Å². The van der Waals surface area contributed by atoms with Crippen molar-refractivity contribution in [2.45, 2.75) is 119 Å². The first kappa shape index (κ1) is 45.8. The second-order valence-corrected chi connectivity index (χ2v) is 20.7. The number of hydrogen-bond acceptors (Lipinski definition) is 0. The molecule has 8 rings (SSSR count). The third-order valence-corrected chi connectivity index (χ3v) is 12.3. The topological polar surface area (TPSA) is 0 Å². The van der Waals surface area contributed by atoms with Gasteiger partial charge >= 0.3 is 0 Å². The maximum absolute atomic E-state index is 3.00. The van der Waals surface area contributed by atoms with Crippen LogP contribution in [0.1, 0.15) is 119 Å². The minimum absolute atomic E-state index is 0.0286. The van der Waals surface area contributed by atoms with Gasteiger partial charge in [-0.25, -0.2) is 0 Å². The predicted octanol–water partition coefficient (Wildman–Crippen LogP) is 18.8. The zero-order valence-electron chi connectivity index (χ0n) is 40.3. The van der Waals surface area contributed by atoms with Crippen molar-refractivity contribution < 1.29 is 0 Å². The van der Waals surface area contributed by atoms with Crippen molar-refractivity contribution in [3.8, 4) is 44.5 Å². The first-order valence-electron chi connectivity index (χ1n) is 22.7. The van der Waals surface area contributed by atoms with Gasteiger partial charge in [0.15, 0.2) is 0 Å². The summed E-state index contributed by atoms with van der Waals surface area (Å²) in [6.07, 6.45) is 0. The quantitative estimate of drug-likeness (QED) is 0.123. The SMILES string of the molecule is C=C.CC.CC(C)(C)c1ccc(-c2c3ccc(C(C)(C)C)cc3c(-c3ccccc3)c3c(-c4ccc(C(C)(C)C)cc4)c4ccc(C(C)(C)C)cc4c(-c4ccccc4)c23)cc1. The largest absolute Gasteiger partial charge is 0.106 e. The molecule has 0 fully saturated rings. The first-order valence-corrected chi connectivity index (χ1v) is 22.7. The van der Waals surface area contributed by atoms with Gasteiger partial charge in [0.25, 0.3) is 0 Å². The highest BCUT2D eigenvalue weighted by atomic mass is 14.3. The maximum atomic E-state index is 3.00. The Kier molecular flexibility index (Phi) is 13.0. The number of hydrogen-bond donors (Lipinski definition) is 0. The second kappa shape index (κ2) is 17.6. The molecule has 318 valence electrons. The molecular weight excluding hydrogens is 745 g/mol. The van der Waals surface area contributed by atoms with Crippen molar-refractivity contribution in [2.24, 2.45) is 0 Å². The van der Waals surface area contributed by atoms with Gasteiger partial charge < -0.3 is 0 Å². The Balaban J connectivity index is 0.00000156. The van der Waals surface area contributed by atoms with Crippen molar-refractivity contribution >= 4 is 32.3 Å². The standard InChI is InChI=1S/C58H60.C2H6.C2H4/c1-55(2,3)41-27-23-39(24-28-41)49-45-33-31-43(57(7,8)9)35-47(45)52(38-21-17-14-18-22-38)54-50(40-25-29-42(30-26-40)56(4,5)6)46-34-32-44(58(10,11)12)36-48(46)51(53(49)54)37-19-15-13-16-20-37;2*1-2/h13-36H,1-12H3;1-2H3;1-2H2. The van der Waals surface area contributed by atoms with Crippen molar-refractivity contribution in [1.29, 1.82) is 0 Å². The summed E-state index contributed by atoms with van der Waals surface area (Å²) in [5.41, 5.74) is 15.5. The predicted molar refractivity (Wildman–Crippen MR) is 278 cm³/mol. The Labute approximate surface area is 374 Å². The Morgan fingerprint density at radius 1 is 0.274 bits per heavy atom. The molecule has 0 heteroatoms. The fourth-order valence-corrected chi connectivity index (χ4v) is 8.84. The third-order valence-electron chi connectivity index (χ3n) is 12.3. The molecule has 0 amide bonds. The zero-order chi connectivity index (χ0) is 45.4. The Hall–Kier alpha value is -5.72. The first-order chi connectivity index (χ1) is 29.3. The lowest BCUT2D eigenvalue weighted by atomic mass is 9.75. The van der Waals surface area contributed by atoms with E-state index in [1.54, 1.807) is 0 Å². The fraction of sp³-hybridized carbons (Fsp3) is 0.290. The molecule has 8 aromatic rings. The second-order valence-electron chi connectivity index (χ2n) is 20.7. The molecule has 0 nitrogen and oxygen atoms in total. The van der Waals surface area contributed by atoms with Crippen LogP contribution in [-0.2, 0) is 21.7 Å². The summed E-state index contributed by atoms with van der Waals surface area (Å²) >= 11 is 0. The summed E-state index contributed by atoms with van der Waals surface area (Å²) in [5.74, 6) is 0. The molecule has 0 radical (unpaired) electrons. The van der Waals surface area contributed by atoms with Gasteiger partial charge in [-0.15, -0.1) is 13.2 Å². The van der Waals surface area contributed by atoms with Crippen LogP contribution in [0.15, 0.2) is 159 Å².